The van der Waals surface area contributed by atoms with Crippen LogP contribution < -0.4 is 5.32 Å². The van der Waals surface area contributed by atoms with E-state index in [4.69, 9.17) is 4.42 Å². The summed E-state index contributed by atoms with van der Waals surface area (Å²) in [4.78, 5) is 17.1. The van der Waals surface area contributed by atoms with Gasteiger partial charge in [0.25, 0.3) is 0 Å². The van der Waals surface area contributed by atoms with Gasteiger partial charge in [-0.2, -0.15) is 0 Å². The van der Waals surface area contributed by atoms with Gasteiger partial charge in [0.05, 0.1) is 11.8 Å². The Bertz CT molecular complexity index is 847. The number of oxazole rings is 1. The number of carbonyl (C=O) groups excluding carboxylic acids is 1. The van der Waals surface area contributed by atoms with Crippen molar-refractivity contribution < 1.29 is 18.0 Å². The molecule has 25 heavy (non-hydrogen) atoms. The van der Waals surface area contributed by atoms with Crippen molar-refractivity contribution in [3.63, 3.8) is 0 Å². The Morgan fingerprint density at radius 3 is 2.88 bits per heavy atom. The number of benzene rings is 1. The van der Waals surface area contributed by atoms with Gasteiger partial charge in [-0.25, -0.2) is 13.8 Å². The van der Waals surface area contributed by atoms with Gasteiger partial charge in [-0.15, -0.1) is 11.3 Å². The van der Waals surface area contributed by atoms with Crippen molar-refractivity contribution in [2.24, 2.45) is 0 Å². The first kappa shape index (κ1) is 17.3. The summed E-state index contributed by atoms with van der Waals surface area (Å²) in [6.07, 6.45) is 2.72. The maximum atomic E-state index is 13.7. The van der Waals surface area contributed by atoms with Gasteiger partial charge in [-0.1, -0.05) is 6.07 Å². The van der Waals surface area contributed by atoms with Crippen LogP contribution >= 0.6 is 11.3 Å². The molecule has 0 aliphatic carbocycles. The fraction of sp³-hybridized carbons (Fsp3) is 0.222. The van der Waals surface area contributed by atoms with E-state index >= 15 is 0 Å². The summed E-state index contributed by atoms with van der Waals surface area (Å²) >= 11 is 1.66. The first-order valence-corrected chi connectivity index (χ1v) is 8.69. The van der Waals surface area contributed by atoms with E-state index in [9.17, 15) is 13.6 Å². The minimum atomic E-state index is -0.714. The third-order valence-corrected chi connectivity index (χ3v) is 4.53. The van der Waals surface area contributed by atoms with E-state index in [-0.39, 0.29) is 23.7 Å². The average Bonchev–Trinajstić information content (AvgIpc) is 3.25. The molecule has 1 aromatic carbocycles. The topological polar surface area (TPSA) is 55.1 Å². The highest BCUT2D eigenvalue weighted by Gasteiger charge is 2.13. The summed E-state index contributed by atoms with van der Waals surface area (Å²) in [6.45, 7) is 0.580. The van der Waals surface area contributed by atoms with Gasteiger partial charge in [0, 0.05) is 30.3 Å². The molecule has 0 aliphatic rings. The zero-order valence-corrected chi connectivity index (χ0v) is 14.1. The van der Waals surface area contributed by atoms with Crippen molar-refractivity contribution in [2.75, 3.05) is 6.54 Å². The molecule has 3 aromatic rings. The fourth-order valence-electron chi connectivity index (χ4n) is 2.33. The molecule has 130 valence electrons. The zero-order chi connectivity index (χ0) is 17.6. The monoisotopic (exact) mass is 362 g/mol. The molecule has 0 saturated heterocycles. The molecule has 1 amide bonds. The first-order chi connectivity index (χ1) is 12.1. The third-order valence-electron chi connectivity index (χ3n) is 3.59. The Labute approximate surface area is 147 Å². The highest BCUT2D eigenvalue weighted by atomic mass is 32.1. The smallest absolute Gasteiger partial charge is 0.220 e. The number of nitrogens with zero attached hydrogens (tertiary/aromatic N) is 1. The number of thiophene rings is 1. The van der Waals surface area contributed by atoms with Crippen LogP contribution in [0.1, 0.15) is 17.2 Å². The van der Waals surface area contributed by atoms with Crippen LogP contribution in [-0.2, 0) is 17.6 Å². The fourth-order valence-corrected chi connectivity index (χ4v) is 3.04. The lowest BCUT2D eigenvalue weighted by atomic mass is 10.2. The summed E-state index contributed by atoms with van der Waals surface area (Å²) in [7, 11) is 0. The van der Waals surface area contributed by atoms with Crippen LogP contribution in [0, 0.1) is 11.6 Å². The number of halogens is 2. The van der Waals surface area contributed by atoms with E-state index in [2.05, 4.69) is 10.3 Å². The van der Waals surface area contributed by atoms with Gasteiger partial charge in [0.1, 0.15) is 11.6 Å². The molecule has 4 nitrogen and oxygen atoms in total. The number of aromatic nitrogens is 1. The molecule has 1 N–H and O–H groups in total. The second-order valence-corrected chi connectivity index (χ2v) is 6.45. The summed E-state index contributed by atoms with van der Waals surface area (Å²) in [6, 6.07) is 7.25. The largest absolute Gasteiger partial charge is 0.441 e. The van der Waals surface area contributed by atoms with E-state index in [1.54, 1.807) is 11.3 Å². The first-order valence-electron chi connectivity index (χ1n) is 7.81. The van der Waals surface area contributed by atoms with E-state index in [0.29, 0.717) is 18.9 Å². The zero-order valence-electron chi connectivity index (χ0n) is 13.3. The molecule has 0 spiro atoms. The lowest BCUT2D eigenvalue weighted by Crippen LogP contribution is -2.25. The van der Waals surface area contributed by atoms with E-state index in [1.807, 2.05) is 17.5 Å². The summed E-state index contributed by atoms with van der Waals surface area (Å²) in [5.41, 5.74) is 0.139. The highest BCUT2D eigenvalue weighted by Crippen LogP contribution is 2.24. The van der Waals surface area contributed by atoms with E-state index in [0.717, 1.165) is 18.6 Å². The molecule has 7 heteroatoms. The summed E-state index contributed by atoms with van der Waals surface area (Å²) < 4.78 is 32.1. The van der Waals surface area contributed by atoms with E-state index in [1.165, 1.54) is 17.1 Å². The predicted octanol–water partition coefficient (Wildman–Crippen LogP) is 3.97. The molecular weight excluding hydrogens is 346 g/mol. The molecule has 0 fully saturated rings. The van der Waals surface area contributed by atoms with Crippen molar-refractivity contribution in [1.82, 2.24) is 10.3 Å². The molecule has 0 aliphatic heterocycles. The molecule has 0 bridgehead atoms. The number of hydrogen-bond donors (Lipinski definition) is 1. The minimum Gasteiger partial charge on any atom is -0.441 e. The van der Waals surface area contributed by atoms with Crippen molar-refractivity contribution in [1.29, 1.82) is 0 Å². The number of rotatable bonds is 7. The van der Waals surface area contributed by atoms with Gasteiger partial charge in [-0.05, 0) is 30.0 Å². The molecule has 0 atom stereocenters. The molecule has 2 aromatic heterocycles. The minimum absolute atomic E-state index is 0.0933. The van der Waals surface area contributed by atoms with Crippen LogP contribution in [0.4, 0.5) is 8.78 Å². The lowest BCUT2D eigenvalue weighted by molar-refractivity contribution is -0.121. The highest BCUT2D eigenvalue weighted by molar-refractivity contribution is 7.09. The maximum absolute atomic E-state index is 13.7. The van der Waals surface area contributed by atoms with Crippen LogP contribution in [0.5, 0.6) is 0 Å². The SMILES string of the molecule is O=C(CCc1ncc(-c2ccc(F)cc2F)o1)NCCc1cccs1. The van der Waals surface area contributed by atoms with Crippen LogP contribution in [0.25, 0.3) is 11.3 Å². The summed E-state index contributed by atoms with van der Waals surface area (Å²) in [5.74, 6) is -0.906. The molecule has 0 unspecified atom stereocenters. The van der Waals surface area contributed by atoms with Crippen LogP contribution in [0.3, 0.4) is 0 Å². The predicted molar refractivity (Wildman–Crippen MR) is 91.2 cm³/mol. The Kier molecular flexibility index (Phi) is 5.55. The average molecular weight is 362 g/mol. The van der Waals surface area contributed by atoms with Crippen LogP contribution in [0.2, 0.25) is 0 Å². The Balaban J connectivity index is 1.49. The Morgan fingerprint density at radius 1 is 1.24 bits per heavy atom. The van der Waals surface area contributed by atoms with Crippen molar-refractivity contribution in [3.05, 3.63) is 64.3 Å². The van der Waals surface area contributed by atoms with Crippen LogP contribution in [0.15, 0.2) is 46.3 Å². The van der Waals surface area contributed by atoms with Crippen molar-refractivity contribution in [2.45, 2.75) is 19.3 Å². The molecular formula is C18H16F2N2O2S. The molecule has 0 saturated carbocycles. The second-order valence-electron chi connectivity index (χ2n) is 5.42. The van der Waals surface area contributed by atoms with Gasteiger partial charge in [0.2, 0.25) is 5.91 Å². The number of carbonyl (C=O) groups is 1. The Hall–Kier alpha value is -2.54. The second kappa shape index (κ2) is 8.02. The third kappa shape index (κ3) is 4.73. The van der Waals surface area contributed by atoms with Crippen molar-refractivity contribution >= 4 is 17.2 Å². The maximum Gasteiger partial charge on any atom is 0.220 e. The number of hydrogen-bond acceptors (Lipinski definition) is 4. The van der Waals surface area contributed by atoms with E-state index < -0.39 is 11.6 Å². The molecule has 2 heterocycles. The number of amides is 1. The number of nitrogens with one attached hydrogen (secondary N) is 1. The standard InChI is InChI=1S/C18H16F2N2O2S/c19-12-3-4-14(15(20)10-12)16-11-22-18(24-16)6-5-17(23)21-8-7-13-2-1-9-25-13/h1-4,9-11H,5-8H2,(H,21,23). The molecule has 0 radical (unpaired) electrons. The lowest BCUT2D eigenvalue weighted by Gasteiger charge is -2.03. The van der Waals surface area contributed by atoms with Crippen LogP contribution in [-0.4, -0.2) is 17.4 Å². The summed E-state index contributed by atoms with van der Waals surface area (Å²) in [5, 5.41) is 4.84. The van der Waals surface area contributed by atoms with Crippen molar-refractivity contribution in [3.8, 4) is 11.3 Å². The number of aryl methyl sites for hydroxylation is 1. The quantitative estimate of drug-likeness (QED) is 0.692. The van der Waals surface area contributed by atoms with Gasteiger partial charge in [-0.3, -0.25) is 4.79 Å². The van der Waals surface area contributed by atoms with Gasteiger partial charge < -0.3 is 9.73 Å². The normalized spacial score (nSPS) is 10.8. The van der Waals surface area contributed by atoms with Gasteiger partial charge in [0.15, 0.2) is 11.7 Å². The Morgan fingerprint density at radius 2 is 2.12 bits per heavy atom. The van der Waals surface area contributed by atoms with Gasteiger partial charge >= 0.3 is 0 Å². The molecule has 3 rings (SSSR count).